The van der Waals surface area contributed by atoms with Crippen LogP contribution in [0.2, 0.25) is 0 Å². The number of carbonyl (C=O) groups is 2. The Hall–Kier alpha value is -3.15. The van der Waals surface area contributed by atoms with Crippen LogP contribution in [-0.2, 0) is 29.1 Å². The summed E-state index contributed by atoms with van der Waals surface area (Å²) in [6.07, 6.45) is -0.949. The lowest BCUT2D eigenvalue weighted by molar-refractivity contribution is -0.148. The van der Waals surface area contributed by atoms with E-state index in [2.05, 4.69) is 0 Å². The number of hydrogen-bond donors (Lipinski definition) is 0. The SMILES string of the molecule is COC(=O)[C@@H]1CN(C(=O)COc2ccc(S(=O)(=O)N3CCOCC3)cc2C)c2ccccc2O1. The molecule has 0 aliphatic carbocycles. The van der Waals surface area contributed by atoms with E-state index in [0.717, 1.165) is 0 Å². The number of hydrogen-bond acceptors (Lipinski definition) is 8. The number of rotatable bonds is 6. The summed E-state index contributed by atoms with van der Waals surface area (Å²) in [6.45, 7) is 2.74. The fourth-order valence-electron chi connectivity index (χ4n) is 3.82. The highest BCUT2D eigenvalue weighted by Crippen LogP contribution is 2.33. The van der Waals surface area contributed by atoms with Crippen LogP contribution < -0.4 is 14.4 Å². The fraction of sp³-hybridized carbons (Fsp3) is 0.391. The maximum atomic E-state index is 13.0. The van der Waals surface area contributed by atoms with Gasteiger partial charge in [-0.15, -0.1) is 0 Å². The van der Waals surface area contributed by atoms with Crippen molar-refractivity contribution in [2.45, 2.75) is 17.9 Å². The van der Waals surface area contributed by atoms with Gasteiger partial charge in [-0.2, -0.15) is 4.31 Å². The zero-order valence-corrected chi connectivity index (χ0v) is 19.7. The van der Waals surface area contributed by atoms with E-state index in [-0.39, 0.29) is 24.0 Å². The molecule has 0 unspecified atom stereocenters. The Kier molecular flexibility index (Phi) is 7.05. The minimum Gasteiger partial charge on any atom is -0.483 e. The Morgan fingerprint density at radius 2 is 1.85 bits per heavy atom. The number of sulfonamides is 1. The lowest BCUT2D eigenvalue weighted by Crippen LogP contribution is -2.48. The summed E-state index contributed by atoms with van der Waals surface area (Å²) >= 11 is 0. The van der Waals surface area contributed by atoms with Crippen LogP contribution in [0.25, 0.3) is 0 Å². The summed E-state index contributed by atoms with van der Waals surface area (Å²) in [5, 5.41) is 0. The number of amides is 1. The molecule has 0 aromatic heterocycles. The molecule has 0 N–H and O–H groups in total. The molecule has 2 aromatic rings. The fourth-order valence-corrected chi connectivity index (χ4v) is 5.32. The maximum Gasteiger partial charge on any atom is 0.348 e. The molecule has 0 saturated carbocycles. The molecule has 2 heterocycles. The first-order valence-corrected chi connectivity index (χ1v) is 12.2. The molecule has 1 amide bonds. The molecule has 0 spiro atoms. The Labute approximate surface area is 198 Å². The topological polar surface area (TPSA) is 112 Å². The lowest BCUT2D eigenvalue weighted by atomic mass is 10.2. The van der Waals surface area contributed by atoms with Crippen LogP contribution in [0.3, 0.4) is 0 Å². The van der Waals surface area contributed by atoms with Crippen LogP contribution in [0, 0.1) is 6.92 Å². The third-order valence-electron chi connectivity index (χ3n) is 5.64. The van der Waals surface area contributed by atoms with Crippen molar-refractivity contribution in [3.8, 4) is 11.5 Å². The standard InChI is InChI=1S/C23H26N2O8S/c1-16-13-17(34(28,29)24-9-11-31-12-10-24)7-8-19(16)32-15-22(26)25-14-21(23(27)30-2)33-20-6-4-3-5-18(20)25/h3-8,13,21H,9-12,14-15H2,1-2H3/t21-/m0/s1. The van der Waals surface area contributed by atoms with Crippen molar-refractivity contribution < 1.29 is 37.0 Å². The molecule has 182 valence electrons. The quantitative estimate of drug-likeness (QED) is 0.558. The van der Waals surface area contributed by atoms with Gasteiger partial charge in [0.1, 0.15) is 11.5 Å². The monoisotopic (exact) mass is 490 g/mol. The number of morpholine rings is 1. The predicted octanol–water partition coefficient (Wildman–Crippen LogP) is 1.36. The van der Waals surface area contributed by atoms with E-state index in [4.69, 9.17) is 18.9 Å². The van der Waals surface area contributed by atoms with E-state index in [0.29, 0.717) is 49.1 Å². The Balaban J connectivity index is 1.47. The molecule has 2 aliphatic rings. The minimum absolute atomic E-state index is 0.0123. The van der Waals surface area contributed by atoms with E-state index in [1.54, 1.807) is 37.3 Å². The summed E-state index contributed by atoms with van der Waals surface area (Å²) in [5.74, 6) is -0.179. The van der Waals surface area contributed by atoms with Gasteiger partial charge < -0.3 is 23.8 Å². The molecule has 10 nitrogen and oxygen atoms in total. The molecule has 0 bridgehead atoms. The molecule has 2 aromatic carbocycles. The average Bonchev–Trinajstić information content (AvgIpc) is 2.87. The third-order valence-corrected chi connectivity index (χ3v) is 7.54. The van der Waals surface area contributed by atoms with Crippen LogP contribution in [-0.4, -0.2) is 77.3 Å². The number of fused-ring (bicyclic) bond motifs is 1. The van der Waals surface area contributed by atoms with Gasteiger partial charge in [0.05, 0.1) is 37.5 Å². The normalized spacial score (nSPS) is 18.5. The number of aryl methyl sites for hydroxylation is 1. The summed E-state index contributed by atoms with van der Waals surface area (Å²) < 4.78 is 48.5. The van der Waals surface area contributed by atoms with E-state index in [9.17, 15) is 18.0 Å². The molecule has 1 atom stereocenters. The molecule has 1 saturated heterocycles. The molecular formula is C23H26N2O8S. The zero-order chi connectivity index (χ0) is 24.3. The summed E-state index contributed by atoms with van der Waals surface area (Å²) in [5.41, 5.74) is 1.11. The van der Waals surface area contributed by atoms with E-state index >= 15 is 0 Å². The molecular weight excluding hydrogens is 464 g/mol. The summed E-state index contributed by atoms with van der Waals surface area (Å²) in [7, 11) is -2.38. The Morgan fingerprint density at radius 3 is 2.56 bits per heavy atom. The number of carbonyl (C=O) groups excluding carboxylic acids is 2. The highest BCUT2D eigenvalue weighted by atomic mass is 32.2. The number of esters is 1. The molecule has 34 heavy (non-hydrogen) atoms. The Morgan fingerprint density at radius 1 is 1.12 bits per heavy atom. The first-order valence-electron chi connectivity index (χ1n) is 10.8. The van der Waals surface area contributed by atoms with Crippen LogP contribution in [0.15, 0.2) is 47.4 Å². The number of ether oxygens (including phenoxy) is 4. The summed E-state index contributed by atoms with van der Waals surface area (Å²) in [4.78, 5) is 26.6. The van der Waals surface area contributed by atoms with Crippen molar-refractivity contribution in [1.82, 2.24) is 4.31 Å². The van der Waals surface area contributed by atoms with Crippen molar-refractivity contribution in [1.29, 1.82) is 0 Å². The number of methoxy groups -OCH3 is 1. The smallest absolute Gasteiger partial charge is 0.348 e. The van der Waals surface area contributed by atoms with E-state index in [1.807, 2.05) is 0 Å². The van der Waals surface area contributed by atoms with Crippen molar-refractivity contribution in [3.05, 3.63) is 48.0 Å². The van der Waals surface area contributed by atoms with Gasteiger partial charge in [-0.1, -0.05) is 12.1 Å². The van der Waals surface area contributed by atoms with Gasteiger partial charge in [-0.25, -0.2) is 13.2 Å². The second-order valence-electron chi connectivity index (χ2n) is 7.83. The molecule has 11 heteroatoms. The highest BCUT2D eigenvalue weighted by molar-refractivity contribution is 7.89. The Bertz CT molecular complexity index is 1180. The number of anilines is 1. The molecule has 4 rings (SSSR count). The van der Waals surface area contributed by atoms with Crippen molar-refractivity contribution in [2.75, 3.05) is 51.5 Å². The zero-order valence-electron chi connectivity index (χ0n) is 18.9. The number of nitrogens with zero attached hydrogens (tertiary/aromatic N) is 2. The van der Waals surface area contributed by atoms with Gasteiger partial charge >= 0.3 is 5.97 Å². The van der Waals surface area contributed by atoms with Gasteiger partial charge in [-0.3, -0.25) is 4.79 Å². The van der Waals surface area contributed by atoms with Crippen molar-refractivity contribution in [3.63, 3.8) is 0 Å². The average molecular weight is 491 g/mol. The number of para-hydroxylation sites is 2. The largest absolute Gasteiger partial charge is 0.483 e. The van der Waals surface area contributed by atoms with Gasteiger partial charge in [0.25, 0.3) is 5.91 Å². The highest BCUT2D eigenvalue weighted by Gasteiger charge is 2.34. The molecule has 1 fully saturated rings. The lowest BCUT2D eigenvalue weighted by Gasteiger charge is -2.33. The second-order valence-corrected chi connectivity index (χ2v) is 9.77. The summed E-state index contributed by atoms with van der Waals surface area (Å²) in [6, 6.07) is 11.4. The van der Waals surface area contributed by atoms with Gasteiger partial charge in [-0.05, 0) is 42.8 Å². The van der Waals surface area contributed by atoms with Crippen molar-refractivity contribution >= 4 is 27.6 Å². The molecule has 2 aliphatic heterocycles. The van der Waals surface area contributed by atoms with Gasteiger partial charge in [0.15, 0.2) is 6.61 Å². The van der Waals surface area contributed by atoms with Gasteiger partial charge in [0, 0.05) is 13.1 Å². The van der Waals surface area contributed by atoms with Crippen LogP contribution >= 0.6 is 0 Å². The van der Waals surface area contributed by atoms with Gasteiger partial charge in [0.2, 0.25) is 16.1 Å². The van der Waals surface area contributed by atoms with Crippen LogP contribution in [0.5, 0.6) is 11.5 Å². The second kappa shape index (κ2) is 10.00. The van der Waals surface area contributed by atoms with E-state index < -0.39 is 22.1 Å². The third kappa shape index (κ3) is 4.86. The number of benzene rings is 2. The van der Waals surface area contributed by atoms with Crippen LogP contribution in [0.4, 0.5) is 5.69 Å². The maximum absolute atomic E-state index is 13.0. The minimum atomic E-state index is -3.64. The predicted molar refractivity (Wildman–Crippen MR) is 121 cm³/mol. The van der Waals surface area contributed by atoms with E-state index in [1.165, 1.54) is 28.4 Å². The first kappa shape index (κ1) is 24.0. The van der Waals surface area contributed by atoms with Crippen LogP contribution in [0.1, 0.15) is 5.56 Å². The first-order chi connectivity index (χ1) is 16.3. The molecule has 0 radical (unpaired) electrons. The van der Waals surface area contributed by atoms with Crippen molar-refractivity contribution in [2.24, 2.45) is 0 Å².